The molecule has 2 heteroatoms. The van der Waals surface area contributed by atoms with E-state index in [2.05, 4.69) is 11.8 Å². The molecule has 0 bridgehead atoms. The third-order valence-corrected chi connectivity index (χ3v) is 0.660. The van der Waals surface area contributed by atoms with Gasteiger partial charge in [-0.05, 0) is 20.0 Å². The van der Waals surface area contributed by atoms with Crippen LogP contribution in [0.4, 0.5) is 0 Å². The Balaban J connectivity index is 3.50. The van der Waals surface area contributed by atoms with E-state index in [4.69, 9.17) is 0 Å². The van der Waals surface area contributed by atoms with Crippen LogP contribution in [0.25, 0.3) is 0 Å². The SMILES string of the molecule is CC(=O)C#CCN(C)C. The fraction of sp³-hybridized carbons (Fsp3) is 0.571. The van der Waals surface area contributed by atoms with Crippen molar-refractivity contribution in [3.63, 3.8) is 0 Å². The van der Waals surface area contributed by atoms with Gasteiger partial charge >= 0.3 is 0 Å². The van der Waals surface area contributed by atoms with Gasteiger partial charge in [-0.2, -0.15) is 0 Å². The Morgan fingerprint density at radius 3 is 2.44 bits per heavy atom. The maximum atomic E-state index is 10.2. The lowest BCUT2D eigenvalue weighted by atomic mass is 10.4. The topological polar surface area (TPSA) is 20.3 Å². The summed E-state index contributed by atoms with van der Waals surface area (Å²) < 4.78 is 0. The molecule has 0 amide bonds. The zero-order valence-corrected chi connectivity index (χ0v) is 6.06. The van der Waals surface area contributed by atoms with Gasteiger partial charge in [-0.25, -0.2) is 0 Å². The molecular weight excluding hydrogens is 114 g/mol. The molecule has 50 valence electrons. The van der Waals surface area contributed by atoms with E-state index in [0.717, 1.165) is 0 Å². The summed E-state index contributed by atoms with van der Waals surface area (Å²) in [7, 11) is 3.82. The van der Waals surface area contributed by atoms with Crippen molar-refractivity contribution in [3.05, 3.63) is 0 Å². The van der Waals surface area contributed by atoms with Crippen molar-refractivity contribution < 1.29 is 4.79 Å². The van der Waals surface area contributed by atoms with Crippen molar-refractivity contribution in [1.29, 1.82) is 0 Å². The van der Waals surface area contributed by atoms with E-state index in [0.29, 0.717) is 6.54 Å². The van der Waals surface area contributed by atoms with E-state index in [1.54, 1.807) is 0 Å². The van der Waals surface area contributed by atoms with Crippen molar-refractivity contribution in [2.45, 2.75) is 6.92 Å². The number of hydrogen-bond acceptors (Lipinski definition) is 2. The number of nitrogens with zero attached hydrogens (tertiary/aromatic N) is 1. The van der Waals surface area contributed by atoms with Gasteiger partial charge in [0.1, 0.15) is 0 Å². The Morgan fingerprint density at radius 2 is 2.11 bits per heavy atom. The summed E-state index contributed by atoms with van der Waals surface area (Å²) in [5, 5.41) is 0. The van der Waals surface area contributed by atoms with Gasteiger partial charge < -0.3 is 0 Å². The predicted molar refractivity (Wildman–Crippen MR) is 37.0 cm³/mol. The Labute approximate surface area is 55.8 Å². The van der Waals surface area contributed by atoms with Gasteiger partial charge in [0.25, 0.3) is 0 Å². The van der Waals surface area contributed by atoms with E-state index < -0.39 is 0 Å². The fourth-order valence-corrected chi connectivity index (χ4v) is 0.322. The Hall–Kier alpha value is -0.810. The molecule has 0 aromatic carbocycles. The van der Waals surface area contributed by atoms with Crippen molar-refractivity contribution in [1.82, 2.24) is 4.90 Å². The van der Waals surface area contributed by atoms with Gasteiger partial charge in [-0.1, -0.05) is 5.92 Å². The van der Waals surface area contributed by atoms with Crippen LogP contribution in [0.2, 0.25) is 0 Å². The average molecular weight is 125 g/mol. The first kappa shape index (κ1) is 8.19. The van der Waals surface area contributed by atoms with Gasteiger partial charge in [-0.3, -0.25) is 9.69 Å². The highest BCUT2D eigenvalue weighted by Crippen LogP contribution is 1.69. The average Bonchev–Trinajstić information content (AvgIpc) is 1.63. The lowest BCUT2D eigenvalue weighted by molar-refractivity contribution is -0.111. The van der Waals surface area contributed by atoms with Gasteiger partial charge in [0.2, 0.25) is 5.78 Å². The quantitative estimate of drug-likeness (QED) is 0.367. The van der Waals surface area contributed by atoms with E-state index in [9.17, 15) is 4.79 Å². The number of hydrogen-bond donors (Lipinski definition) is 0. The molecule has 0 saturated heterocycles. The molecule has 0 unspecified atom stereocenters. The zero-order valence-electron chi connectivity index (χ0n) is 6.06. The highest BCUT2D eigenvalue weighted by molar-refractivity contribution is 5.93. The second kappa shape index (κ2) is 4.11. The number of Topliss-reactive ketones (excluding diaryl/α,β-unsaturated/α-hetero) is 1. The van der Waals surface area contributed by atoms with Crippen LogP contribution in [-0.2, 0) is 4.79 Å². The van der Waals surface area contributed by atoms with Crippen molar-refractivity contribution in [2.24, 2.45) is 0 Å². The van der Waals surface area contributed by atoms with Gasteiger partial charge in [0.05, 0.1) is 6.54 Å². The molecule has 0 heterocycles. The van der Waals surface area contributed by atoms with Crippen molar-refractivity contribution >= 4 is 5.78 Å². The molecule has 0 spiro atoms. The monoisotopic (exact) mass is 125 g/mol. The summed E-state index contributed by atoms with van der Waals surface area (Å²) in [5.74, 6) is 5.08. The summed E-state index contributed by atoms with van der Waals surface area (Å²) in [4.78, 5) is 12.1. The molecule has 9 heavy (non-hydrogen) atoms. The predicted octanol–water partition coefficient (Wildman–Crippen LogP) is 0.140. The third kappa shape index (κ3) is 7.19. The van der Waals surface area contributed by atoms with Crippen LogP contribution < -0.4 is 0 Å². The molecular formula is C7H11NO. The minimum Gasteiger partial charge on any atom is -0.299 e. The molecule has 0 fully saturated rings. The number of carbonyl (C=O) groups excluding carboxylic acids is 1. The van der Waals surface area contributed by atoms with Crippen LogP contribution in [-0.4, -0.2) is 31.3 Å². The van der Waals surface area contributed by atoms with E-state index >= 15 is 0 Å². The number of ketones is 1. The summed E-state index contributed by atoms with van der Waals surface area (Å²) in [5.41, 5.74) is 0. The second-order valence-corrected chi connectivity index (χ2v) is 2.10. The molecule has 0 aliphatic heterocycles. The zero-order chi connectivity index (χ0) is 7.28. The number of carbonyl (C=O) groups is 1. The molecule has 0 N–H and O–H groups in total. The number of rotatable bonds is 1. The summed E-state index contributed by atoms with van der Waals surface area (Å²) in [6.45, 7) is 2.11. The lowest BCUT2D eigenvalue weighted by Crippen LogP contribution is -2.11. The summed E-state index contributed by atoms with van der Waals surface area (Å²) in [6, 6.07) is 0. The second-order valence-electron chi connectivity index (χ2n) is 2.10. The highest BCUT2D eigenvalue weighted by atomic mass is 16.1. The highest BCUT2D eigenvalue weighted by Gasteiger charge is 1.81. The van der Waals surface area contributed by atoms with Crippen LogP contribution in [0.15, 0.2) is 0 Å². The Kier molecular flexibility index (Phi) is 3.74. The molecule has 2 nitrogen and oxygen atoms in total. The van der Waals surface area contributed by atoms with Crippen LogP contribution >= 0.6 is 0 Å². The molecule has 0 aromatic rings. The van der Waals surface area contributed by atoms with E-state index in [-0.39, 0.29) is 5.78 Å². The van der Waals surface area contributed by atoms with Gasteiger partial charge in [0.15, 0.2) is 0 Å². The lowest BCUT2D eigenvalue weighted by Gasteiger charge is -2.00. The molecule has 0 aromatic heterocycles. The Morgan fingerprint density at radius 1 is 1.56 bits per heavy atom. The largest absolute Gasteiger partial charge is 0.299 e. The van der Waals surface area contributed by atoms with Crippen molar-refractivity contribution in [3.8, 4) is 11.8 Å². The smallest absolute Gasteiger partial charge is 0.202 e. The van der Waals surface area contributed by atoms with Crippen LogP contribution in [0, 0.1) is 11.8 Å². The minimum absolute atomic E-state index is 0.0724. The van der Waals surface area contributed by atoms with Crippen LogP contribution in [0.3, 0.4) is 0 Å². The van der Waals surface area contributed by atoms with Gasteiger partial charge in [-0.15, -0.1) is 0 Å². The first-order valence-corrected chi connectivity index (χ1v) is 2.77. The molecule has 0 aliphatic rings. The first-order chi connectivity index (χ1) is 4.13. The van der Waals surface area contributed by atoms with E-state index in [1.165, 1.54) is 6.92 Å². The van der Waals surface area contributed by atoms with Crippen LogP contribution in [0.5, 0.6) is 0 Å². The molecule has 0 radical (unpaired) electrons. The van der Waals surface area contributed by atoms with E-state index in [1.807, 2.05) is 19.0 Å². The molecule has 0 atom stereocenters. The summed E-state index contributed by atoms with van der Waals surface area (Å²) >= 11 is 0. The van der Waals surface area contributed by atoms with Crippen LogP contribution in [0.1, 0.15) is 6.92 Å². The maximum absolute atomic E-state index is 10.2. The molecule has 0 rings (SSSR count). The fourth-order valence-electron chi connectivity index (χ4n) is 0.322. The molecule has 0 saturated carbocycles. The first-order valence-electron chi connectivity index (χ1n) is 2.77. The standard InChI is InChI=1S/C7H11NO/c1-7(9)5-4-6-8(2)3/h6H2,1-3H3. The van der Waals surface area contributed by atoms with Crippen molar-refractivity contribution in [2.75, 3.05) is 20.6 Å². The van der Waals surface area contributed by atoms with Gasteiger partial charge in [0, 0.05) is 6.92 Å². The maximum Gasteiger partial charge on any atom is 0.202 e. The normalized spacial score (nSPS) is 8.44. The minimum atomic E-state index is -0.0724. The third-order valence-electron chi connectivity index (χ3n) is 0.660. The molecule has 0 aliphatic carbocycles. The summed E-state index contributed by atoms with van der Waals surface area (Å²) in [6.07, 6.45) is 0. The Bertz CT molecular complexity index is 150.